The Kier molecular flexibility index (Phi) is 5.72. The molecular formula is C27H21N3O5S. The maximum absolute atomic E-state index is 12.9. The molecule has 0 radical (unpaired) electrons. The molecule has 0 saturated heterocycles. The number of carbonyl (C=O) groups excluding carboxylic acids is 4. The Morgan fingerprint density at radius 2 is 1.56 bits per heavy atom. The number of rotatable bonds is 4. The monoisotopic (exact) mass is 499 g/mol. The number of anilines is 1. The van der Waals surface area contributed by atoms with Crippen LogP contribution >= 0.6 is 11.3 Å². The minimum absolute atomic E-state index is 0.217. The highest BCUT2D eigenvalue weighted by atomic mass is 32.1. The lowest BCUT2D eigenvalue weighted by molar-refractivity contribution is -0.123. The number of hydrogen-bond acceptors (Lipinski definition) is 8. The number of fused-ring (bicyclic) bond motifs is 3. The van der Waals surface area contributed by atoms with Gasteiger partial charge in [-0.1, -0.05) is 24.3 Å². The van der Waals surface area contributed by atoms with Crippen molar-refractivity contribution in [2.75, 3.05) is 5.32 Å². The standard InChI is InChI=1S/C27H21N3O5S/c1-12-21-13(2)28-15(4)29-26(21)36-24(12)27(34)35-14(3)25(33)30-16-9-10-19-20(11-16)23(32)18-8-6-5-7-17(18)22(19)31/h5-11,14H,1-4H3,(H,30,33)/t14-/m0/s1. The number of thiophene rings is 1. The van der Waals surface area contributed by atoms with Gasteiger partial charge in [0.05, 0.1) is 0 Å². The van der Waals surface area contributed by atoms with E-state index in [9.17, 15) is 19.2 Å². The molecule has 5 rings (SSSR count). The van der Waals surface area contributed by atoms with Crippen LogP contribution in [0.1, 0.15) is 65.5 Å². The lowest BCUT2D eigenvalue weighted by atomic mass is 9.84. The van der Waals surface area contributed by atoms with Crippen LogP contribution in [0.25, 0.3) is 10.2 Å². The van der Waals surface area contributed by atoms with Crippen LogP contribution in [0.4, 0.5) is 5.69 Å². The zero-order valence-electron chi connectivity index (χ0n) is 20.0. The Hall–Kier alpha value is -4.24. The lowest BCUT2D eigenvalue weighted by Crippen LogP contribution is -2.30. The van der Waals surface area contributed by atoms with Crippen molar-refractivity contribution >= 4 is 50.7 Å². The number of amides is 1. The number of aromatic nitrogens is 2. The van der Waals surface area contributed by atoms with Crippen molar-refractivity contribution in [2.24, 2.45) is 0 Å². The summed E-state index contributed by atoms with van der Waals surface area (Å²) in [7, 11) is 0. The number of esters is 1. The first-order valence-corrected chi connectivity index (χ1v) is 12.1. The first-order chi connectivity index (χ1) is 17.2. The molecule has 0 spiro atoms. The summed E-state index contributed by atoms with van der Waals surface area (Å²) in [6.07, 6.45) is -1.11. The van der Waals surface area contributed by atoms with Crippen molar-refractivity contribution < 1.29 is 23.9 Å². The number of aryl methyl sites for hydroxylation is 3. The summed E-state index contributed by atoms with van der Waals surface area (Å²) < 4.78 is 5.44. The van der Waals surface area contributed by atoms with E-state index in [2.05, 4.69) is 15.3 Å². The molecule has 1 atom stereocenters. The fraction of sp³-hybridized carbons (Fsp3) is 0.185. The number of carbonyl (C=O) groups is 4. The highest BCUT2D eigenvalue weighted by Crippen LogP contribution is 2.32. The topological polar surface area (TPSA) is 115 Å². The molecule has 1 aliphatic rings. The van der Waals surface area contributed by atoms with E-state index in [4.69, 9.17) is 4.74 Å². The molecule has 2 aromatic heterocycles. The second-order valence-corrected chi connectivity index (χ2v) is 9.59. The molecule has 0 aliphatic heterocycles. The van der Waals surface area contributed by atoms with Crippen LogP contribution in [0.2, 0.25) is 0 Å². The Labute approximate surface area is 210 Å². The van der Waals surface area contributed by atoms with Gasteiger partial charge in [-0.25, -0.2) is 14.8 Å². The molecule has 2 aromatic carbocycles. The molecule has 8 nitrogen and oxygen atoms in total. The number of ether oxygens (including phenoxy) is 1. The number of nitrogens with zero attached hydrogens (tertiary/aromatic N) is 2. The van der Waals surface area contributed by atoms with E-state index >= 15 is 0 Å². The van der Waals surface area contributed by atoms with Crippen LogP contribution in [0.3, 0.4) is 0 Å². The van der Waals surface area contributed by atoms with Crippen molar-refractivity contribution in [1.29, 1.82) is 0 Å². The van der Waals surface area contributed by atoms with Gasteiger partial charge in [-0.3, -0.25) is 14.4 Å². The first kappa shape index (κ1) is 23.5. The third-order valence-electron chi connectivity index (χ3n) is 6.11. The van der Waals surface area contributed by atoms with Crippen molar-refractivity contribution in [3.63, 3.8) is 0 Å². The Bertz CT molecular complexity index is 1620. The Morgan fingerprint density at radius 3 is 2.25 bits per heavy atom. The average Bonchev–Trinajstić information content (AvgIpc) is 3.18. The van der Waals surface area contributed by atoms with Crippen LogP contribution in [-0.2, 0) is 9.53 Å². The molecule has 0 unspecified atom stereocenters. The molecule has 0 saturated carbocycles. The Morgan fingerprint density at radius 1 is 0.917 bits per heavy atom. The van der Waals surface area contributed by atoms with Crippen LogP contribution in [0.15, 0.2) is 42.5 Å². The van der Waals surface area contributed by atoms with Gasteiger partial charge in [0.2, 0.25) is 0 Å². The second kappa shape index (κ2) is 8.76. The smallest absolute Gasteiger partial charge is 0.349 e. The molecular weight excluding hydrogens is 478 g/mol. The fourth-order valence-corrected chi connectivity index (χ4v) is 5.52. The Balaban J connectivity index is 1.33. The van der Waals surface area contributed by atoms with E-state index in [0.29, 0.717) is 37.9 Å². The quantitative estimate of drug-likeness (QED) is 0.360. The van der Waals surface area contributed by atoms with Gasteiger partial charge >= 0.3 is 5.97 Å². The summed E-state index contributed by atoms with van der Waals surface area (Å²) in [4.78, 5) is 61.2. The number of nitrogens with one attached hydrogen (secondary N) is 1. The van der Waals surface area contributed by atoms with E-state index < -0.39 is 18.0 Å². The molecule has 1 N–H and O–H groups in total. The fourth-order valence-electron chi connectivity index (χ4n) is 4.36. The van der Waals surface area contributed by atoms with Crippen molar-refractivity contribution in [3.8, 4) is 0 Å². The average molecular weight is 500 g/mol. The first-order valence-electron chi connectivity index (χ1n) is 11.2. The summed E-state index contributed by atoms with van der Waals surface area (Å²) in [6.45, 7) is 6.91. The number of ketones is 2. The maximum Gasteiger partial charge on any atom is 0.349 e. The van der Waals surface area contributed by atoms with Crippen LogP contribution in [0.5, 0.6) is 0 Å². The van der Waals surface area contributed by atoms with Crippen LogP contribution < -0.4 is 5.32 Å². The van der Waals surface area contributed by atoms with Gasteiger partial charge in [-0.2, -0.15) is 0 Å². The van der Waals surface area contributed by atoms with Gasteiger partial charge in [0.15, 0.2) is 17.7 Å². The summed E-state index contributed by atoms with van der Waals surface area (Å²) in [5.41, 5.74) is 3.00. The highest BCUT2D eigenvalue weighted by molar-refractivity contribution is 7.20. The summed E-state index contributed by atoms with van der Waals surface area (Å²) in [5, 5.41) is 3.48. The molecule has 9 heteroatoms. The zero-order chi connectivity index (χ0) is 25.7. The summed E-state index contributed by atoms with van der Waals surface area (Å²) in [5.74, 6) is -1.11. The van der Waals surface area contributed by atoms with Crippen molar-refractivity contribution in [3.05, 3.63) is 86.7 Å². The van der Waals surface area contributed by atoms with Crippen molar-refractivity contribution in [1.82, 2.24) is 9.97 Å². The van der Waals surface area contributed by atoms with E-state index in [1.54, 1.807) is 44.2 Å². The third kappa shape index (κ3) is 3.87. The van der Waals surface area contributed by atoms with E-state index in [1.165, 1.54) is 30.4 Å². The van der Waals surface area contributed by atoms with Crippen LogP contribution in [-0.4, -0.2) is 39.5 Å². The van der Waals surface area contributed by atoms with Gasteiger partial charge in [-0.15, -0.1) is 11.3 Å². The molecule has 4 aromatic rings. The minimum atomic E-state index is -1.11. The molecule has 1 amide bonds. The summed E-state index contributed by atoms with van der Waals surface area (Å²) >= 11 is 1.20. The third-order valence-corrected chi connectivity index (χ3v) is 7.28. The SMILES string of the molecule is Cc1nc(C)c2c(C)c(C(=O)O[C@@H](C)C(=O)Nc3ccc4c(c3)C(=O)c3ccccc3C4=O)sc2n1. The lowest BCUT2D eigenvalue weighted by Gasteiger charge is -2.19. The number of benzene rings is 2. The summed E-state index contributed by atoms with van der Waals surface area (Å²) in [6, 6.07) is 11.2. The van der Waals surface area contributed by atoms with Crippen LogP contribution in [0, 0.1) is 20.8 Å². The van der Waals surface area contributed by atoms with Crippen molar-refractivity contribution in [2.45, 2.75) is 33.8 Å². The van der Waals surface area contributed by atoms with Gasteiger partial charge in [0.1, 0.15) is 15.5 Å². The molecule has 2 heterocycles. The van der Waals surface area contributed by atoms with E-state index in [0.717, 1.165) is 11.1 Å². The molecule has 0 bridgehead atoms. The van der Waals surface area contributed by atoms with Gasteiger partial charge < -0.3 is 10.1 Å². The highest BCUT2D eigenvalue weighted by Gasteiger charge is 2.30. The normalized spacial score (nSPS) is 13.2. The zero-order valence-corrected chi connectivity index (χ0v) is 20.8. The molecule has 180 valence electrons. The molecule has 0 fully saturated rings. The van der Waals surface area contributed by atoms with E-state index in [1.807, 2.05) is 6.92 Å². The predicted octanol–water partition coefficient (Wildman–Crippen LogP) is 4.58. The maximum atomic E-state index is 12.9. The molecule has 36 heavy (non-hydrogen) atoms. The van der Waals surface area contributed by atoms with E-state index in [-0.39, 0.29) is 22.7 Å². The predicted molar refractivity (Wildman–Crippen MR) is 135 cm³/mol. The van der Waals surface area contributed by atoms with Gasteiger partial charge in [0, 0.05) is 39.0 Å². The molecule has 1 aliphatic carbocycles. The second-order valence-electron chi connectivity index (χ2n) is 8.59. The largest absolute Gasteiger partial charge is 0.448 e. The van der Waals surface area contributed by atoms with Gasteiger partial charge in [0.25, 0.3) is 5.91 Å². The van der Waals surface area contributed by atoms with Gasteiger partial charge in [-0.05, 0) is 51.5 Å². The number of hydrogen-bond donors (Lipinski definition) is 1. The minimum Gasteiger partial charge on any atom is -0.448 e.